The lowest BCUT2D eigenvalue weighted by atomic mass is 10.1. The molecule has 0 aromatic rings. The van der Waals surface area contributed by atoms with Gasteiger partial charge in [0.15, 0.2) is 6.29 Å². The van der Waals surface area contributed by atoms with E-state index >= 15 is 0 Å². The Balaban J connectivity index is 3.53. The molecule has 4 nitrogen and oxygen atoms in total. The fourth-order valence-corrected chi connectivity index (χ4v) is 1.51. The summed E-state index contributed by atoms with van der Waals surface area (Å²) in [7, 11) is 1.42. The molecule has 0 N–H and O–H groups in total. The van der Waals surface area contributed by atoms with Gasteiger partial charge in [-0.05, 0) is 39.2 Å². The molecule has 0 spiro atoms. The molecule has 0 unspecified atom stereocenters. The van der Waals surface area contributed by atoms with Crippen molar-refractivity contribution < 1.29 is 19.0 Å². The molecule has 0 saturated carbocycles. The number of rotatable bonds is 11. The first-order chi connectivity index (χ1) is 8.74. The van der Waals surface area contributed by atoms with E-state index in [4.69, 9.17) is 9.47 Å². The number of hydrogen-bond donors (Lipinski definition) is 0. The molecule has 0 saturated heterocycles. The molecule has 0 radical (unpaired) electrons. The number of carbonyl (C=O) groups is 1. The Hall–Kier alpha value is -0.870. The minimum atomic E-state index is -0.227. The lowest BCUT2D eigenvalue weighted by Gasteiger charge is -2.12. The molecule has 0 aliphatic heterocycles. The predicted octanol–water partition coefficient (Wildman–Crippen LogP) is 3.07. The van der Waals surface area contributed by atoms with Crippen molar-refractivity contribution in [3.8, 4) is 0 Å². The topological polar surface area (TPSA) is 44.8 Å². The van der Waals surface area contributed by atoms with Gasteiger partial charge >= 0.3 is 5.97 Å². The molecular formula is C14H26O4. The average Bonchev–Trinajstić information content (AvgIpc) is 2.37. The zero-order valence-corrected chi connectivity index (χ0v) is 11.8. The van der Waals surface area contributed by atoms with Crippen LogP contribution in [0.25, 0.3) is 0 Å². The van der Waals surface area contributed by atoms with Gasteiger partial charge in [0.05, 0.1) is 7.11 Å². The van der Waals surface area contributed by atoms with Gasteiger partial charge in [0.1, 0.15) is 0 Å². The monoisotopic (exact) mass is 258 g/mol. The van der Waals surface area contributed by atoms with Crippen molar-refractivity contribution in [3.05, 3.63) is 12.2 Å². The summed E-state index contributed by atoms with van der Waals surface area (Å²) in [5.74, 6) is -0.127. The van der Waals surface area contributed by atoms with Crippen molar-refractivity contribution in [1.29, 1.82) is 0 Å². The average molecular weight is 258 g/mol. The van der Waals surface area contributed by atoms with Crippen LogP contribution in [0.3, 0.4) is 0 Å². The molecule has 106 valence electrons. The van der Waals surface area contributed by atoms with E-state index in [2.05, 4.69) is 10.8 Å². The lowest BCUT2D eigenvalue weighted by molar-refractivity contribution is -0.140. The third-order valence-electron chi connectivity index (χ3n) is 2.43. The van der Waals surface area contributed by atoms with Crippen LogP contribution >= 0.6 is 0 Å². The summed E-state index contributed by atoms with van der Waals surface area (Å²) in [6.45, 7) is 5.20. The summed E-state index contributed by atoms with van der Waals surface area (Å²) in [6, 6.07) is 0. The first-order valence-electron chi connectivity index (χ1n) is 6.71. The van der Waals surface area contributed by atoms with Gasteiger partial charge in [-0.15, -0.1) is 0 Å². The molecule has 0 aromatic heterocycles. The molecule has 0 aliphatic rings. The molecule has 18 heavy (non-hydrogen) atoms. The van der Waals surface area contributed by atoms with Gasteiger partial charge in [-0.25, -0.2) is 0 Å². The summed E-state index contributed by atoms with van der Waals surface area (Å²) < 4.78 is 15.3. The number of ether oxygens (including phenoxy) is 3. The van der Waals surface area contributed by atoms with Gasteiger partial charge in [0.2, 0.25) is 0 Å². The van der Waals surface area contributed by atoms with Crippen LogP contribution in [-0.4, -0.2) is 32.6 Å². The molecule has 0 aliphatic carbocycles. The van der Waals surface area contributed by atoms with Gasteiger partial charge in [0, 0.05) is 19.6 Å². The maximum Gasteiger partial charge on any atom is 0.305 e. The van der Waals surface area contributed by atoms with Gasteiger partial charge in [-0.2, -0.15) is 0 Å². The normalized spacial score (nSPS) is 11.3. The van der Waals surface area contributed by atoms with Crippen LogP contribution in [-0.2, 0) is 19.0 Å². The molecule has 0 amide bonds. The minimum absolute atomic E-state index is 0.127. The van der Waals surface area contributed by atoms with Crippen molar-refractivity contribution in [3.63, 3.8) is 0 Å². The van der Waals surface area contributed by atoms with E-state index in [1.54, 1.807) is 0 Å². The summed E-state index contributed by atoms with van der Waals surface area (Å²) in [5.41, 5.74) is 0. The molecule has 0 rings (SSSR count). The zero-order valence-electron chi connectivity index (χ0n) is 11.8. The van der Waals surface area contributed by atoms with Gasteiger partial charge in [-0.1, -0.05) is 12.5 Å². The Kier molecular flexibility index (Phi) is 12.0. The second-order valence-corrected chi connectivity index (χ2v) is 3.88. The first kappa shape index (κ1) is 17.1. The highest BCUT2D eigenvalue weighted by Gasteiger charge is 2.01. The molecule has 4 heteroatoms. The van der Waals surface area contributed by atoms with E-state index in [1.807, 2.05) is 19.9 Å². The molecule has 0 fully saturated rings. The Labute approximate surface area is 110 Å². The fraction of sp³-hybridized carbons (Fsp3) is 0.786. The summed E-state index contributed by atoms with van der Waals surface area (Å²) in [6.07, 6.45) is 8.29. The maximum absolute atomic E-state index is 10.9. The fourth-order valence-electron chi connectivity index (χ4n) is 1.51. The second kappa shape index (κ2) is 12.6. The van der Waals surface area contributed by atoms with Crippen LogP contribution in [0.15, 0.2) is 12.2 Å². The molecule has 0 atom stereocenters. The van der Waals surface area contributed by atoms with Gasteiger partial charge in [0.25, 0.3) is 0 Å². The zero-order chi connectivity index (χ0) is 13.6. The highest BCUT2D eigenvalue weighted by atomic mass is 16.7. The van der Waals surface area contributed by atoms with Crippen molar-refractivity contribution in [2.75, 3.05) is 20.3 Å². The summed E-state index contributed by atoms with van der Waals surface area (Å²) in [5, 5.41) is 0. The third-order valence-corrected chi connectivity index (χ3v) is 2.43. The van der Waals surface area contributed by atoms with E-state index in [0.29, 0.717) is 19.6 Å². The highest BCUT2D eigenvalue weighted by molar-refractivity contribution is 5.68. The molecule has 0 heterocycles. The van der Waals surface area contributed by atoms with E-state index in [-0.39, 0.29) is 12.3 Å². The third kappa shape index (κ3) is 10.3. The number of carbonyl (C=O) groups excluding carboxylic acids is 1. The minimum Gasteiger partial charge on any atom is -0.469 e. The SMILES string of the molecule is CCOC(/C=C/CCCCCC(=O)OC)OCC. The standard InChI is InChI=1S/C14H26O4/c1-4-17-14(18-5-2)12-10-8-6-7-9-11-13(15)16-3/h10,12,14H,4-9,11H2,1-3H3/b12-10+. The van der Waals surface area contributed by atoms with E-state index in [1.165, 1.54) is 7.11 Å². The van der Waals surface area contributed by atoms with Crippen LogP contribution in [0.2, 0.25) is 0 Å². The number of unbranched alkanes of at least 4 members (excludes halogenated alkanes) is 3. The highest BCUT2D eigenvalue weighted by Crippen LogP contribution is 2.06. The van der Waals surface area contributed by atoms with Crippen LogP contribution in [0.5, 0.6) is 0 Å². The van der Waals surface area contributed by atoms with Gasteiger partial charge < -0.3 is 14.2 Å². The molecule has 0 bridgehead atoms. The van der Waals surface area contributed by atoms with Crippen molar-refractivity contribution in [1.82, 2.24) is 0 Å². The van der Waals surface area contributed by atoms with Crippen LogP contribution in [0.4, 0.5) is 0 Å². The van der Waals surface area contributed by atoms with E-state index in [9.17, 15) is 4.79 Å². The van der Waals surface area contributed by atoms with Crippen LogP contribution in [0.1, 0.15) is 46.0 Å². The lowest BCUT2D eigenvalue weighted by Crippen LogP contribution is -2.14. The summed E-state index contributed by atoms with van der Waals surface area (Å²) >= 11 is 0. The van der Waals surface area contributed by atoms with Crippen molar-refractivity contribution in [2.24, 2.45) is 0 Å². The number of methoxy groups -OCH3 is 1. The maximum atomic E-state index is 10.9. The quantitative estimate of drug-likeness (QED) is 0.247. The Morgan fingerprint density at radius 2 is 1.78 bits per heavy atom. The number of allylic oxidation sites excluding steroid dienone is 1. The second-order valence-electron chi connectivity index (χ2n) is 3.88. The van der Waals surface area contributed by atoms with E-state index < -0.39 is 0 Å². The van der Waals surface area contributed by atoms with Crippen molar-refractivity contribution >= 4 is 5.97 Å². The predicted molar refractivity (Wildman–Crippen MR) is 71.3 cm³/mol. The molecule has 0 aromatic carbocycles. The first-order valence-corrected chi connectivity index (χ1v) is 6.71. The number of hydrogen-bond acceptors (Lipinski definition) is 4. The molecular weight excluding hydrogens is 232 g/mol. The van der Waals surface area contributed by atoms with Crippen molar-refractivity contribution in [2.45, 2.75) is 52.2 Å². The Morgan fingerprint density at radius 3 is 2.33 bits per heavy atom. The van der Waals surface area contributed by atoms with Gasteiger partial charge in [-0.3, -0.25) is 4.79 Å². The largest absolute Gasteiger partial charge is 0.469 e. The Bertz CT molecular complexity index is 220. The smallest absolute Gasteiger partial charge is 0.305 e. The van der Waals surface area contributed by atoms with Crippen LogP contribution < -0.4 is 0 Å². The number of esters is 1. The summed E-state index contributed by atoms with van der Waals surface area (Å²) in [4.78, 5) is 10.9. The van der Waals surface area contributed by atoms with E-state index in [0.717, 1.165) is 25.7 Å². The Morgan fingerprint density at radius 1 is 1.11 bits per heavy atom. The van der Waals surface area contributed by atoms with Crippen LogP contribution in [0, 0.1) is 0 Å².